The lowest BCUT2D eigenvalue weighted by Gasteiger charge is -2.24. The van der Waals surface area contributed by atoms with Crippen molar-refractivity contribution in [3.63, 3.8) is 0 Å². The SMILES string of the molecule is CO[C@@H]1C[C@@H](c2nc(C)c(C)[nH]2)N(c2cccc(C)n2)C1. The van der Waals surface area contributed by atoms with Crippen LogP contribution in [0.5, 0.6) is 0 Å². The summed E-state index contributed by atoms with van der Waals surface area (Å²) < 4.78 is 5.57. The fourth-order valence-corrected chi connectivity index (χ4v) is 2.90. The summed E-state index contributed by atoms with van der Waals surface area (Å²) in [6.45, 7) is 6.96. The summed E-state index contributed by atoms with van der Waals surface area (Å²) in [5, 5.41) is 0. The van der Waals surface area contributed by atoms with Crippen molar-refractivity contribution in [2.75, 3.05) is 18.6 Å². The van der Waals surface area contributed by atoms with Crippen LogP contribution in [0.4, 0.5) is 5.82 Å². The Hall–Kier alpha value is -1.88. The van der Waals surface area contributed by atoms with E-state index in [2.05, 4.69) is 32.8 Å². The van der Waals surface area contributed by atoms with Gasteiger partial charge in [0, 0.05) is 31.5 Å². The molecule has 0 bridgehead atoms. The van der Waals surface area contributed by atoms with Crippen LogP contribution < -0.4 is 4.90 Å². The number of ether oxygens (including phenoxy) is 1. The molecule has 1 aliphatic heterocycles. The number of nitrogens with one attached hydrogen (secondary N) is 1. The Bertz CT molecular complexity index is 617. The highest BCUT2D eigenvalue weighted by Crippen LogP contribution is 2.35. The Kier molecular flexibility index (Phi) is 3.68. The molecule has 21 heavy (non-hydrogen) atoms. The van der Waals surface area contributed by atoms with Crippen molar-refractivity contribution >= 4 is 5.82 Å². The third-order valence-electron chi connectivity index (χ3n) is 4.23. The Morgan fingerprint density at radius 2 is 2.05 bits per heavy atom. The van der Waals surface area contributed by atoms with Crippen molar-refractivity contribution < 1.29 is 4.74 Å². The smallest absolute Gasteiger partial charge is 0.129 e. The number of hydrogen-bond acceptors (Lipinski definition) is 4. The van der Waals surface area contributed by atoms with Crippen LogP contribution in [-0.4, -0.2) is 34.7 Å². The molecule has 1 N–H and O–H groups in total. The average molecular weight is 286 g/mol. The Balaban J connectivity index is 1.96. The normalized spacial score (nSPS) is 22.0. The molecular formula is C16H22N4O. The molecule has 5 heteroatoms. The third kappa shape index (κ3) is 2.65. The van der Waals surface area contributed by atoms with E-state index in [-0.39, 0.29) is 12.1 Å². The van der Waals surface area contributed by atoms with Gasteiger partial charge in [0.15, 0.2) is 0 Å². The number of imidazole rings is 1. The van der Waals surface area contributed by atoms with Gasteiger partial charge in [-0.25, -0.2) is 9.97 Å². The standard InChI is InChI=1S/C16H22N4O/c1-10-6-5-7-15(17-10)20-9-13(21-4)8-14(20)16-18-11(2)12(3)19-16/h5-7,13-14H,8-9H2,1-4H3,(H,18,19)/t13-,14+/m1/s1. The van der Waals surface area contributed by atoms with Gasteiger partial charge in [-0.05, 0) is 32.9 Å². The van der Waals surface area contributed by atoms with E-state index < -0.39 is 0 Å². The lowest BCUT2D eigenvalue weighted by Crippen LogP contribution is -2.26. The summed E-state index contributed by atoms with van der Waals surface area (Å²) in [6.07, 6.45) is 1.14. The molecule has 0 unspecified atom stereocenters. The first kappa shape index (κ1) is 14.1. The van der Waals surface area contributed by atoms with Crippen molar-refractivity contribution in [2.24, 2.45) is 0 Å². The number of rotatable bonds is 3. The van der Waals surface area contributed by atoms with Crippen LogP contribution >= 0.6 is 0 Å². The molecule has 3 heterocycles. The lowest BCUT2D eigenvalue weighted by atomic mass is 10.2. The van der Waals surface area contributed by atoms with E-state index in [4.69, 9.17) is 4.74 Å². The molecule has 0 spiro atoms. The van der Waals surface area contributed by atoms with Crippen LogP contribution in [-0.2, 0) is 4.74 Å². The second-order valence-electron chi connectivity index (χ2n) is 5.73. The van der Waals surface area contributed by atoms with Gasteiger partial charge >= 0.3 is 0 Å². The van der Waals surface area contributed by atoms with Gasteiger partial charge in [0.25, 0.3) is 0 Å². The number of hydrogen-bond donors (Lipinski definition) is 1. The fourth-order valence-electron chi connectivity index (χ4n) is 2.90. The summed E-state index contributed by atoms with van der Waals surface area (Å²) in [5.74, 6) is 2.00. The monoisotopic (exact) mass is 286 g/mol. The summed E-state index contributed by atoms with van der Waals surface area (Å²) in [7, 11) is 1.77. The molecule has 5 nitrogen and oxygen atoms in total. The highest BCUT2D eigenvalue weighted by atomic mass is 16.5. The van der Waals surface area contributed by atoms with Crippen molar-refractivity contribution in [3.8, 4) is 0 Å². The van der Waals surface area contributed by atoms with E-state index in [0.717, 1.165) is 41.7 Å². The molecule has 0 amide bonds. The third-order valence-corrected chi connectivity index (χ3v) is 4.23. The van der Waals surface area contributed by atoms with E-state index in [1.165, 1.54) is 0 Å². The topological polar surface area (TPSA) is 54.0 Å². The second kappa shape index (κ2) is 5.48. The van der Waals surface area contributed by atoms with Gasteiger partial charge in [-0.3, -0.25) is 0 Å². The highest BCUT2D eigenvalue weighted by Gasteiger charge is 2.36. The van der Waals surface area contributed by atoms with E-state index in [9.17, 15) is 0 Å². The Morgan fingerprint density at radius 3 is 2.67 bits per heavy atom. The number of nitrogens with zero attached hydrogens (tertiary/aromatic N) is 3. The summed E-state index contributed by atoms with van der Waals surface area (Å²) >= 11 is 0. The predicted octanol–water partition coefficient (Wildman–Crippen LogP) is 2.70. The van der Waals surface area contributed by atoms with Crippen LogP contribution in [0.1, 0.15) is 35.4 Å². The van der Waals surface area contributed by atoms with E-state index >= 15 is 0 Å². The number of methoxy groups -OCH3 is 1. The minimum atomic E-state index is 0.191. The summed E-state index contributed by atoms with van der Waals surface area (Å²) in [5.41, 5.74) is 3.21. The molecule has 1 aliphatic rings. The summed E-state index contributed by atoms with van der Waals surface area (Å²) in [4.78, 5) is 15.0. The van der Waals surface area contributed by atoms with Crippen LogP contribution in [0.3, 0.4) is 0 Å². The quantitative estimate of drug-likeness (QED) is 0.942. The molecule has 0 aliphatic carbocycles. The number of aromatic amines is 1. The van der Waals surface area contributed by atoms with Crippen LogP contribution in [0.2, 0.25) is 0 Å². The van der Waals surface area contributed by atoms with E-state index in [1.54, 1.807) is 7.11 Å². The maximum absolute atomic E-state index is 5.57. The van der Waals surface area contributed by atoms with Crippen molar-refractivity contribution in [1.29, 1.82) is 0 Å². The Labute approximate surface area is 125 Å². The molecule has 2 atom stereocenters. The highest BCUT2D eigenvalue weighted by molar-refractivity contribution is 5.43. The number of H-pyrrole nitrogens is 1. The zero-order valence-electron chi connectivity index (χ0n) is 13.1. The van der Waals surface area contributed by atoms with Gasteiger partial charge in [0.2, 0.25) is 0 Å². The Morgan fingerprint density at radius 1 is 1.24 bits per heavy atom. The molecule has 0 radical (unpaired) electrons. The van der Waals surface area contributed by atoms with Gasteiger partial charge in [0.05, 0.1) is 17.8 Å². The second-order valence-corrected chi connectivity index (χ2v) is 5.73. The van der Waals surface area contributed by atoms with Gasteiger partial charge in [-0.15, -0.1) is 0 Å². The molecule has 0 saturated carbocycles. The molecule has 2 aromatic rings. The summed E-state index contributed by atoms with van der Waals surface area (Å²) in [6, 6.07) is 6.31. The fraction of sp³-hybridized carbons (Fsp3) is 0.500. The van der Waals surface area contributed by atoms with Crippen molar-refractivity contribution in [1.82, 2.24) is 15.0 Å². The van der Waals surface area contributed by atoms with E-state index in [0.29, 0.717) is 0 Å². The molecule has 0 aromatic carbocycles. The van der Waals surface area contributed by atoms with Crippen molar-refractivity contribution in [3.05, 3.63) is 41.1 Å². The van der Waals surface area contributed by atoms with Crippen LogP contribution in [0.25, 0.3) is 0 Å². The lowest BCUT2D eigenvalue weighted by molar-refractivity contribution is 0.118. The first-order valence-corrected chi connectivity index (χ1v) is 7.34. The van der Waals surface area contributed by atoms with Crippen LogP contribution in [0, 0.1) is 20.8 Å². The van der Waals surface area contributed by atoms with Crippen LogP contribution in [0.15, 0.2) is 18.2 Å². The van der Waals surface area contributed by atoms with Gasteiger partial charge in [-0.2, -0.15) is 0 Å². The predicted molar refractivity (Wildman–Crippen MR) is 82.5 cm³/mol. The zero-order valence-corrected chi connectivity index (χ0v) is 13.1. The molecule has 1 saturated heterocycles. The minimum absolute atomic E-state index is 0.191. The first-order chi connectivity index (χ1) is 10.1. The van der Waals surface area contributed by atoms with Gasteiger partial charge in [-0.1, -0.05) is 6.07 Å². The molecule has 1 fully saturated rings. The minimum Gasteiger partial charge on any atom is -0.380 e. The number of aromatic nitrogens is 3. The number of aryl methyl sites for hydroxylation is 3. The molecule has 112 valence electrons. The zero-order chi connectivity index (χ0) is 15.0. The number of anilines is 1. The number of pyridine rings is 1. The van der Waals surface area contributed by atoms with Gasteiger partial charge in [0.1, 0.15) is 11.6 Å². The largest absolute Gasteiger partial charge is 0.380 e. The maximum atomic E-state index is 5.57. The first-order valence-electron chi connectivity index (χ1n) is 7.34. The molecule has 2 aromatic heterocycles. The molecule has 3 rings (SSSR count). The van der Waals surface area contributed by atoms with E-state index in [1.807, 2.05) is 26.0 Å². The van der Waals surface area contributed by atoms with Gasteiger partial charge < -0.3 is 14.6 Å². The maximum Gasteiger partial charge on any atom is 0.129 e. The average Bonchev–Trinajstić information content (AvgIpc) is 3.03. The molecular weight excluding hydrogens is 264 g/mol. The van der Waals surface area contributed by atoms with Crippen molar-refractivity contribution in [2.45, 2.75) is 39.3 Å².